The van der Waals surface area contributed by atoms with Crippen LogP contribution in [-0.4, -0.2) is 30.6 Å². The molecular formula is C27H23F5N4O3. The Morgan fingerprint density at radius 3 is 2.18 bits per heavy atom. The van der Waals surface area contributed by atoms with Gasteiger partial charge >= 0.3 is 5.97 Å². The summed E-state index contributed by atoms with van der Waals surface area (Å²) in [5, 5.41) is 9.21. The number of rotatable bonds is 8. The number of ether oxygens (including phenoxy) is 1. The van der Waals surface area contributed by atoms with E-state index in [4.69, 9.17) is 4.74 Å². The third-order valence-electron chi connectivity index (χ3n) is 6.85. The van der Waals surface area contributed by atoms with Crippen LogP contribution in [0.4, 0.5) is 22.0 Å². The fraction of sp³-hybridized carbons (Fsp3) is 0.333. The molecule has 0 bridgehead atoms. The number of benzene rings is 2. The van der Waals surface area contributed by atoms with E-state index in [1.54, 1.807) is 0 Å². The van der Waals surface area contributed by atoms with E-state index in [2.05, 4.69) is 27.1 Å². The van der Waals surface area contributed by atoms with Gasteiger partial charge in [-0.05, 0) is 36.3 Å². The van der Waals surface area contributed by atoms with Crippen molar-refractivity contribution < 1.29 is 36.6 Å². The SMILES string of the molecule is O=C(O)Cn1cnc2c(Oc3c(F)c(F)c(F)c(F)c3F)nc(CCc3ccc(C4CCCCC4)cc3)nc21. The Morgan fingerprint density at radius 1 is 0.897 bits per heavy atom. The van der Waals surface area contributed by atoms with E-state index >= 15 is 0 Å². The minimum atomic E-state index is -2.33. The monoisotopic (exact) mass is 546 g/mol. The number of hydrogen-bond acceptors (Lipinski definition) is 5. The lowest BCUT2D eigenvalue weighted by molar-refractivity contribution is -0.137. The zero-order chi connectivity index (χ0) is 27.7. The predicted molar refractivity (Wildman–Crippen MR) is 129 cm³/mol. The van der Waals surface area contributed by atoms with E-state index < -0.39 is 53.2 Å². The third kappa shape index (κ3) is 5.41. The first-order valence-electron chi connectivity index (χ1n) is 12.4. The average molecular weight is 546 g/mol. The Morgan fingerprint density at radius 2 is 1.54 bits per heavy atom. The Bertz CT molecular complexity index is 1510. The number of nitrogens with zero attached hydrogens (tertiary/aromatic N) is 4. The molecule has 0 spiro atoms. The number of carbonyl (C=O) groups is 1. The molecular weight excluding hydrogens is 523 g/mol. The number of aryl methyl sites for hydroxylation is 2. The molecule has 2 aromatic carbocycles. The highest BCUT2D eigenvalue weighted by Crippen LogP contribution is 2.35. The molecule has 204 valence electrons. The molecule has 12 heteroatoms. The van der Waals surface area contributed by atoms with Crippen LogP contribution in [-0.2, 0) is 24.2 Å². The van der Waals surface area contributed by atoms with Gasteiger partial charge in [-0.3, -0.25) is 4.79 Å². The summed E-state index contributed by atoms with van der Waals surface area (Å²) in [5.41, 5.74) is 2.02. The number of aliphatic carboxylic acids is 1. The number of imidazole rings is 1. The van der Waals surface area contributed by atoms with Crippen molar-refractivity contribution >= 4 is 17.1 Å². The van der Waals surface area contributed by atoms with E-state index in [-0.39, 0.29) is 23.4 Å². The molecule has 2 heterocycles. The molecule has 0 atom stereocenters. The second kappa shape index (κ2) is 11.0. The van der Waals surface area contributed by atoms with Crippen molar-refractivity contribution in [1.29, 1.82) is 0 Å². The number of hydrogen-bond donors (Lipinski definition) is 1. The second-order valence-corrected chi connectivity index (χ2v) is 9.46. The summed E-state index contributed by atoms with van der Waals surface area (Å²) in [4.78, 5) is 23.7. The summed E-state index contributed by atoms with van der Waals surface area (Å²) in [6.45, 7) is -0.544. The summed E-state index contributed by atoms with van der Waals surface area (Å²) in [6, 6.07) is 8.19. The van der Waals surface area contributed by atoms with E-state index in [0.717, 1.165) is 16.5 Å². The van der Waals surface area contributed by atoms with Crippen molar-refractivity contribution in [1.82, 2.24) is 19.5 Å². The molecule has 0 amide bonds. The number of aromatic nitrogens is 4. The van der Waals surface area contributed by atoms with Crippen molar-refractivity contribution in [3.8, 4) is 11.6 Å². The maximum absolute atomic E-state index is 14.3. The van der Waals surface area contributed by atoms with E-state index in [1.807, 2.05) is 12.1 Å². The summed E-state index contributed by atoms with van der Waals surface area (Å²) >= 11 is 0. The fourth-order valence-electron chi connectivity index (χ4n) is 4.83. The van der Waals surface area contributed by atoms with Gasteiger partial charge in [0.1, 0.15) is 12.4 Å². The summed E-state index contributed by atoms with van der Waals surface area (Å²) in [7, 11) is 0. The molecule has 0 unspecified atom stereocenters. The van der Waals surface area contributed by atoms with Gasteiger partial charge in [0.15, 0.2) is 11.2 Å². The van der Waals surface area contributed by atoms with Gasteiger partial charge in [0, 0.05) is 6.42 Å². The molecule has 7 nitrogen and oxygen atoms in total. The quantitative estimate of drug-likeness (QED) is 0.160. The van der Waals surface area contributed by atoms with Gasteiger partial charge < -0.3 is 14.4 Å². The van der Waals surface area contributed by atoms with Gasteiger partial charge in [-0.2, -0.15) is 13.8 Å². The molecule has 0 saturated heterocycles. The first-order chi connectivity index (χ1) is 18.7. The number of carboxylic acids is 1. The lowest BCUT2D eigenvalue weighted by atomic mass is 9.84. The summed E-state index contributed by atoms with van der Waals surface area (Å²) in [5.74, 6) is -13.7. The molecule has 39 heavy (non-hydrogen) atoms. The number of halogens is 5. The predicted octanol–water partition coefficient (Wildman–Crippen LogP) is 6.23. The van der Waals surface area contributed by atoms with E-state index in [9.17, 15) is 31.9 Å². The van der Waals surface area contributed by atoms with Crippen LogP contribution in [0.3, 0.4) is 0 Å². The molecule has 1 saturated carbocycles. The van der Waals surface area contributed by atoms with Gasteiger partial charge in [-0.15, -0.1) is 0 Å². The van der Waals surface area contributed by atoms with Gasteiger partial charge in [0.05, 0.1) is 6.33 Å². The minimum Gasteiger partial charge on any atom is -0.480 e. The molecule has 1 fully saturated rings. The van der Waals surface area contributed by atoms with Crippen LogP contribution >= 0.6 is 0 Å². The molecule has 0 aliphatic heterocycles. The Hall–Kier alpha value is -4.09. The fourth-order valence-corrected chi connectivity index (χ4v) is 4.83. The largest absolute Gasteiger partial charge is 0.480 e. The van der Waals surface area contributed by atoms with Gasteiger partial charge in [-0.25, -0.2) is 23.1 Å². The highest BCUT2D eigenvalue weighted by molar-refractivity contribution is 5.78. The Labute approximate surface area is 219 Å². The van der Waals surface area contributed by atoms with E-state index in [1.165, 1.54) is 37.7 Å². The van der Waals surface area contributed by atoms with Crippen molar-refractivity contribution in [2.24, 2.45) is 0 Å². The zero-order valence-electron chi connectivity index (χ0n) is 20.6. The highest BCUT2D eigenvalue weighted by atomic mass is 19.2. The standard InChI is InChI=1S/C27H23F5N4O3/c28-19-20(29)22(31)25(23(32)21(19)30)39-27-24-26(36(13-33-24)12-18(37)38)34-17(35-27)11-8-14-6-9-16(10-7-14)15-4-2-1-3-5-15/h6-7,9-10,13,15H,1-5,8,11-12H2,(H,37,38). The zero-order valence-corrected chi connectivity index (χ0v) is 20.6. The van der Waals surface area contributed by atoms with Crippen molar-refractivity contribution in [2.75, 3.05) is 0 Å². The summed E-state index contributed by atoms with van der Waals surface area (Å²) < 4.78 is 75.8. The first-order valence-corrected chi connectivity index (χ1v) is 12.4. The van der Waals surface area contributed by atoms with Crippen LogP contribution in [0, 0.1) is 29.1 Å². The van der Waals surface area contributed by atoms with Gasteiger partial charge in [0.25, 0.3) is 5.88 Å². The van der Waals surface area contributed by atoms with Crippen LogP contribution in [0.15, 0.2) is 30.6 Å². The Balaban J connectivity index is 1.46. The van der Waals surface area contributed by atoms with Crippen LogP contribution in [0.25, 0.3) is 11.2 Å². The molecule has 1 aliphatic carbocycles. The molecule has 1 aliphatic rings. The molecule has 5 rings (SSSR count). The molecule has 2 aromatic heterocycles. The summed E-state index contributed by atoms with van der Waals surface area (Å²) in [6.07, 6.45) is 7.83. The van der Waals surface area contributed by atoms with Crippen molar-refractivity contribution in [3.63, 3.8) is 0 Å². The van der Waals surface area contributed by atoms with Crippen LogP contribution in [0.1, 0.15) is 55.0 Å². The molecule has 4 aromatic rings. The number of carboxylic acid groups (broad SMARTS) is 1. The third-order valence-corrected chi connectivity index (χ3v) is 6.85. The maximum atomic E-state index is 14.3. The molecule has 0 radical (unpaired) electrons. The Kier molecular flexibility index (Phi) is 7.45. The smallest absolute Gasteiger partial charge is 0.323 e. The molecule has 1 N–H and O–H groups in total. The average Bonchev–Trinajstić information content (AvgIpc) is 3.34. The van der Waals surface area contributed by atoms with Crippen molar-refractivity contribution in [3.05, 3.63) is 76.6 Å². The normalized spacial score (nSPS) is 14.2. The first kappa shape index (κ1) is 26.5. The van der Waals surface area contributed by atoms with Crippen molar-refractivity contribution in [2.45, 2.75) is 57.4 Å². The van der Waals surface area contributed by atoms with Gasteiger partial charge in [-0.1, -0.05) is 43.5 Å². The highest BCUT2D eigenvalue weighted by Gasteiger charge is 2.29. The van der Waals surface area contributed by atoms with Crippen LogP contribution in [0.2, 0.25) is 0 Å². The van der Waals surface area contributed by atoms with E-state index in [0.29, 0.717) is 12.3 Å². The lowest BCUT2D eigenvalue weighted by Crippen LogP contribution is -2.10. The minimum absolute atomic E-state index is 0.0334. The van der Waals surface area contributed by atoms with Gasteiger partial charge in [0.2, 0.25) is 34.8 Å². The number of fused-ring (bicyclic) bond motifs is 1. The second-order valence-electron chi connectivity index (χ2n) is 9.46. The van der Waals surface area contributed by atoms with Crippen LogP contribution in [0.5, 0.6) is 11.6 Å². The topological polar surface area (TPSA) is 90.1 Å². The lowest BCUT2D eigenvalue weighted by Gasteiger charge is -2.22. The maximum Gasteiger partial charge on any atom is 0.323 e. The van der Waals surface area contributed by atoms with Crippen LogP contribution < -0.4 is 4.74 Å².